The molecule has 5 heteroatoms. The van der Waals surface area contributed by atoms with Crippen molar-refractivity contribution >= 4 is 11.9 Å². The molecule has 5 nitrogen and oxygen atoms in total. The van der Waals surface area contributed by atoms with Gasteiger partial charge in [0.15, 0.2) is 0 Å². The number of carboxylic acid groups (broad SMARTS) is 1. The Hall–Kier alpha value is -1.10. The number of carboxylic acids is 1. The maximum Gasteiger partial charge on any atom is 0.329 e. The Labute approximate surface area is 125 Å². The summed E-state index contributed by atoms with van der Waals surface area (Å²) in [6.45, 7) is 2.10. The van der Waals surface area contributed by atoms with E-state index in [-0.39, 0.29) is 31.2 Å². The van der Waals surface area contributed by atoms with Crippen molar-refractivity contribution in [2.45, 2.75) is 51.0 Å². The second kappa shape index (κ2) is 5.59. The van der Waals surface area contributed by atoms with E-state index in [0.29, 0.717) is 11.8 Å². The lowest BCUT2D eigenvalue weighted by molar-refractivity contribution is -0.192. The van der Waals surface area contributed by atoms with Gasteiger partial charge in [0.1, 0.15) is 12.2 Å². The summed E-state index contributed by atoms with van der Waals surface area (Å²) in [5, 5.41) is 8.47. The fraction of sp³-hybridized carbons (Fsp3) is 0.875. The van der Waals surface area contributed by atoms with Crippen LogP contribution in [0.3, 0.4) is 0 Å². The Morgan fingerprint density at radius 3 is 2.81 bits per heavy atom. The number of ether oxygens (including phenoxy) is 2. The predicted octanol–water partition coefficient (Wildman–Crippen LogP) is 2.24. The van der Waals surface area contributed by atoms with Crippen LogP contribution in [0.1, 0.15) is 45.4 Å². The van der Waals surface area contributed by atoms with Gasteiger partial charge in [0, 0.05) is 5.92 Å². The highest BCUT2D eigenvalue weighted by Crippen LogP contribution is 2.63. The summed E-state index contributed by atoms with van der Waals surface area (Å²) in [6.07, 6.45) is 5.97. The number of hydrogen-bond donors (Lipinski definition) is 1. The van der Waals surface area contributed by atoms with Crippen LogP contribution < -0.4 is 0 Å². The van der Waals surface area contributed by atoms with Crippen LogP contribution in [0.25, 0.3) is 0 Å². The summed E-state index contributed by atoms with van der Waals surface area (Å²) in [4.78, 5) is 22.3. The Balaban J connectivity index is 1.48. The average Bonchev–Trinajstić information content (AvgIpc) is 2.55. The number of hydrogen-bond acceptors (Lipinski definition) is 4. The van der Waals surface area contributed by atoms with Gasteiger partial charge in [-0.1, -0.05) is 6.92 Å². The molecule has 5 unspecified atom stereocenters. The van der Waals surface area contributed by atoms with Crippen molar-refractivity contribution in [1.82, 2.24) is 0 Å². The fourth-order valence-corrected chi connectivity index (χ4v) is 4.94. The minimum absolute atomic E-state index is 0.121. The SMILES string of the molecule is CC1CC2CC3C(C1)CC3(OC(=O)CCOCC(=O)O)C2. The summed E-state index contributed by atoms with van der Waals surface area (Å²) in [6, 6.07) is 0. The molecule has 0 aromatic rings. The normalized spacial score (nSPS) is 40.2. The number of fused-ring (bicyclic) bond motifs is 1. The zero-order valence-electron chi connectivity index (χ0n) is 12.5. The van der Waals surface area contributed by atoms with Crippen molar-refractivity contribution in [2.24, 2.45) is 23.7 Å². The molecule has 0 aromatic carbocycles. The van der Waals surface area contributed by atoms with Crippen LogP contribution in [-0.2, 0) is 19.1 Å². The van der Waals surface area contributed by atoms with Crippen LogP contribution in [0.4, 0.5) is 0 Å². The van der Waals surface area contributed by atoms with Crippen LogP contribution in [0, 0.1) is 23.7 Å². The van der Waals surface area contributed by atoms with Crippen LogP contribution in [0.15, 0.2) is 0 Å². The molecule has 3 rings (SSSR count). The van der Waals surface area contributed by atoms with Gasteiger partial charge < -0.3 is 14.6 Å². The molecule has 3 aliphatic rings. The second-order valence-electron chi connectivity index (χ2n) is 7.19. The number of esters is 1. The van der Waals surface area contributed by atoms with Gasteiger partial charge in [0.2, 0.25) is 0 Å². The molecule has 5 atom stereocenters. The molecule has 2 bridgehead atoms. The lowest BCUT2D eigenvalue weighted by Gasteiger charge is -2.51. The lowest BCUT2D eigenvalue weighted by Crippen LogP contribution is -2.54. The van der Waals surface area contributed by atoms with Crippen LogP contribution >= 0.6 is 0 Å². The highest BCUT2D eigenvalue weighted by Gasteiger charge is 2.62. The highest BCUT2D eigenvalue weighted by molar-refractivity contribution is 5.70. The lowest BCUT2D eigenvalue weighted by atomic mass is 9.60. The van der Waals surface area contributed by atoms with Gasteiger partial charge in [0.25, 0.3) is 0 Å². The quantitative estimate of drug-likeness (QED) is 0.601. The Morgan fingerprint density at radius 2 is 2.05 bits per heavy atom. The number of carbonyl (C=O) groups is 2. The first-order valence-corrected chi connectivity index (χ1v) is 8.00. The van der Waals surface area contributed by atoms with E-state index >= 15 is 0 Å². The summed E-state index contributed by atoms with van der Waals surface area (Å²) in [5.41, 5.74) is -0.195. The topological polar surface area (TPSA) is 72.8 Å². The highest BCUT2D eigenvalue weighted by atomic mass is 16.6. The molecule has 1 N–H and O–H groups in total. The van der Waals surface area contributed by atoms with Crippen molar-refractivity contribution in [3.05, 3.63) is 0 Å². The first kappa shape index (κ1) is 14.8. The van der Waals surface area contributed by atoms with E-state index in [1.807, 2.05) is 0 Å². The molecule has 118 valence electrons. The molecule has 3 fully saturated rings. The smallest absolute Gasteiger partial charge is 0.329 e. The molecule has 0 spiro atoms. The van der Waals surface area contributed by atoms with Crippen LogP contribution in [-0.4, -0.2) is 35.9 Å². The van der Waals surface area contributed by atoms with Gasteiger partial charge in [-0.2, -0.15) is 0 Å². The van der Waals surface area contributed by atoms with E-state index in [1.54, 1.807) is 0 Å². The monoisotopic (exact) mass is 296 g/mol. The summed E-state index contributed by atoms with van der Waals surface area (Å²) < 4.78 is 10.7. The third kappa shape index (κ3) is 2.93. The maximum absolute atomic E-state index is 12.0. The van der Waals surface area contributed by atoms with Crippen LogP contribution in [0.5, 0.6) is 0 Å². The minimum atomic E-state index is -1.02. The number of rotatable bonds is 6. The van der Waals surface area contributed by atoms with E-state index in [1.165, 1.54) is 19.3 Å². The van der Waals surface area contributed by atoms with Crippen LogP contribution in [0.2, 0.25) is 0 Å². The van der Waals surface area contributed by atoms with Gasteiger partial charge in [-0.25, -0.2) is 4.79 Å². The number of aliphatic carboxylic acids is 1. The molecule has 0 aromatic heterocycles. The molecule has 3 saturated carbocycles. The third-order valence-electron chi connectivity index (χ3n) is 5.51. The average molecular weight is 296 g/mol. The summed E-state index contributed by atoms with van der Waals surface area (Å²) in [7, 11) is 0. The summed E-state index contributed by atoms with van der Waals surface area (Å²) >= 11 is 0. The standard InChI is InChI=1S/C16H24O5/c1-10-4-11-6-13-12(5-10)8-16(13,7-11)21-15(19)2-3-20-9-14(17)18/h10-13H,2-9H2,1H3,(H,17,18). The molecule has 0 aliphatic heterocycles. The zero-order valence-corrected chi connectivity index (χ0v) is 12.5. The summed E-state index contributed by atoms with van der Waals surface area (Å²) in [5.74, 6) is 1.58. The molecule has 0 radical (unpaired) electrons. The number of carbonyl (C=O) groups excluding carboxylic acids is 1. The van der Waals surface area contributed by atoms with Crippen molar-refractivity contribution in [3.8, 4) is 0 Å². The van der Waals surface area contributed by atoms with E-state index in [0.717, 1.165) is 24.7 Å². The molecule has 0 heterocycles. The molecular weight excluding hydrogens is 272 g/mol. The van der Waals surface area contributed by atoms with Crippen molar-refractivity contribution in [2.75, 3.05) is 13.2 Å². The van der Waals surface area contributed by atoms with Gasteiger partial charge in [-0.15, -0.1) is 0 Å². The molecular formula is C16H24O5. The first-order valence-electron chi connectivity index (χ1n) is 8.00. The zero-order chi connectivity index (χ0) is 15.0. The van der Waals surface area contributed by atoms with E-state index in [9.17, 15) is 9.59 Å². The maximum atomic E-state index is 12.0. The second-order valence-corrected chi connectivity index (χ2v) is 7.19. The molecule has 0 saturated heterocycles. The van der Waals surface area contributed by atoms with Crippen molar-refractivity contribution < 1.29 is 24.2 Å². The van der Waals surface area contributed by atoms with Gasteiger partial charge in [-0.05, 0) is 49.9 Å². The van der Waals surface area contributed by atoms with Gasteiger partial charge in [-0.3, -0.25) is 4.79 Å². The van der Waals surface area contributed by atoms with Gasteiger partial charge in [0.05, 0.1) is 13.0 Å². The first-order chi connectivity index (χ1) is 9.98. The molecule has 3 aliphatic carbocycles. The molecule has 0 amide bonds. The minimum Gasteiger partial charge on any atom is -0.480 e. The van der Waals surface area contributed by atoms with Crippen molar-refractivity contribution in [1.29, 1.82) is 0 Å². The van der Waals surface area contributed by atoms with Gasteiger partial charge >= 0.3 is 11.9 Å². The third-order valence-corrected chi connectivity index (χ3v) is 5.51. The molecule has 21 heavy (non-hydrogen) atoms. The fourth-order valence-electron chi connectivity index (χ4n) is 4.94. The largest absolute Gasteiger partial charge is 0.480 e. The van der Waals surface area contributed by atoms with Crippen molar-refractivity contribution in [3.63, 3.8) is 0 Å². The van der Waals surface area contributed by atoms with E-state index < -0.39 is 5.97 Å². The van der Waals surface area contributed by atoms with E-state index in [2.05, 4.69) is 6.92 Å². The Bertz CT molecular complexity index is 430. The predicted molar refractivity (Wildman–Crippen MR) is 74.6 cm³/mol. The Morgan fingerprint density at radius 1 is 1.24 bits per heavy atom. The Kier molecular flexibility index (Phi) is 3.95. The van der Waals surface area contributed by atoms with E-state index in [4.69, 9.17) is 14.6 Å².